The summed E-state index contributed by atoms with van der Waals surface area (Å²) in [6.07, 6.45) is 40.4. The number of phosphoric ester groups is 1. The number of aliphatic hydroxyl groups excluding tert-OH is 2. The Morgan fingerprint density at radius 1 is 0.596 bits per heavy atom. The summed E-state index contributed by atoms with van der Waals surface area (Å²) in [6, 6.07) is 0. The van der Waals surface area contributed by atoms with Crippen molar-refractivity contribution in [1.82, 2.24) is 0 Å². The third kappa shape index (κ3) is 35.8. The van der Waals surface area contributed by atoms with E-state index in [1.165, 1.54) is 38.5 Å². The molecule has 1 unspecified atom stereocenters. The topological polar surface area (TPSA) is 149 Å². The minimum absolute atomic E-state index is 0.114. The molecule has 0 aliphatic rings. The first kappa shape index (κ1) is 49.4. The molecule has 0 amide bonds. The van der Waals surface area contributed by atoms with Crippen LogP contribution in [0.1, 0.15) is 136 Å². The molecule has 0 radical (unpaired) electrons. The standard InChI is InChI=1S/C41H69O10P/c1-3-5-7-9-11-13-15-16-17-18-19-20-21-22-23-25-26-28-30-32-40(44)48-36-39(37-50-52(46,47)49-35-38(43)34-42)51-41(45)33-31-29-27-24-14-12-10-8-6-4-2/h5,7,11,13,16-17,19-20,22-23,26,28,38-39,42-43H,3-4,6,8-10,12,14-15,18,21,24-25,27,29-37H2,1-2H3,(H,46,47)/b7-5-,13-11-,17-16-,20-19-,23-22-,28-26-/t38-,39+/m0/s1. The van der Waals surface area contributed by atoms with Crippen molar-refractivity contribution in [2.75, 3.05) is 26.4 Å². The zero-order chi connectivity index (χ0) is 38.4. The van der Waals surface area contributed by atoms with Crippen LogP contribution >= 0.6 is 7.82 Å². The van der Waals surface area contributed by atoms with E-state index in [4.69, 9.17) is 19.1 Å². The molecule has 0 saturated carbocycles. The number of phosphoric acid groups is 1. The van der Waals surface area contributed by atoms with Crippen LogP contribution in [0.15, 0.2) is 72.9 Å². The van der Waals surface area contributed by atoms with Crippen molar-refractivity contribution in [1.29, 1.82) is 0 Å². The Hall–Kier alpha value is -2.59. The highest BCUT2D eigenvalue weighted by atomic mass is 31.2. The molecule has 3 N–H and O–H groups in total. The van der Waals surface area contributed by atoms with Crippen LogP contribution in [0, 0.1) is 0 Å². The third-order valence-corrected chi connectivity index (χ3v) is 8.59. The lowest BCUT2D eigenvalue weighted by molar-refractivity contribution is -0.161. The lowest BCUT2D eigenvalue weighted by atomic mass is 10.1. The number of hydrogen-bond acceptors (Lipinski definition) is 9. The van der Waals surface area contributed by atoms with E-state index >= 15 is 0 Å². The number of rotatable bonds is 35. The minimum Gasteiger partial charge on any atom is -0.462 e. The van der Waals surface area contributed by atoms with Crippen molar-refractivity contribution in [3.8, 4) is 0 Å². The summed E-state index contributed by atoms with van der Waals surface area (Å²) in [4.78, 5) is 34.8. The maximum atomic E-state index is 12.5. The summed E-state index contributed by atoms with van der Waals surface area (Å²) >= 11 is 0. The lowest BCUT2D eigenvalue weighted by Crippen LogP contribution is -2.29. The van der Waals surface area contributed by atoms with Crippen LogP contribution in [-0.4, -0.2) is 65.7 Å². The lowest BCUT2D eigenvalue weighted by Gasteiger charge is -2.20. The average Bonchev–Trinajstić information content (AvgIpc) is 3.13. The van der Waals surface area contributed by atoms with E-state index in [1.807, 2.05) is 12.2 Å². The van der Waals surface area contributed by atoms with Crippen molar-refractivity contribution >= 4 is 19.8 Å². The molecule has 0 aromatic rings. The summed E-state index contributed by atoms with van der Waals surface area (Å²) in [5.74, 6) is -1.03. The van der Waals surface area contributed by atoms with Crippen LogP contribution in [0.2, 0.25) is 0 Å². The van der Waals surface area contributed by atoms with Gasteiger partial charge >= 0.3 is 19.8 Å². The van der Waals surface area contributed by atoms with Crippen LogP contribution in [0.5, 0.6) is 0 Å². The molecule has 0 fully saturated rings. The molecular formula is C41H69O10P. The van der Waals surface area contributed by atoms with Crippen LogP contribution in [0.4, 0.5) is 0 Å². The molecule has 0 rings (SSSR count). The van der Waals surface area contributed by atoms with Gasteiger partial charge < -0.3 is 24.6 Å². The van der Waals surface area contributed by atoms with Crippen molar-refractivity contribution in [2.24, 2.45) is 0 Å². The number of unbranched alkanes of at least 4 members (excludes halogenated alkanes) is 9. The Labute approximate surface area is 314 Å². The summed E-state index contributed by atoms with van der Waals surface area (Å²) in [5.41, 5.74) is 0. The first-order valence-electron chi connectivity index (χ1n) is 19.4. The second-order valence-electron chi connectivity index (χ2n) is 12.6. The molecule has 0 aromatic carbocycles. The Morgan fingerprint density at radius 3 is 1.56 bits per heavy atom. The Balaban J connectivity index is 4.46. The van der Waals surface area contributed by atoms with E-state index < -0.39 is 51.8 Å². The molecule has 11 heteroatoms. The molecule has 0 saturated heterocycles. The smallest absolute Gasteiger partial charge is 0.462 e. The van der Waals surface area contributed by atoms with Gasteiger partial charge in [-0.3, -0.25) is 18.6 Å². The molecule has 0 aliphatic carbocycles. The Kier molecular flexibility index (Phi) is 34.9. The predicted molar refractivity (Wildman–Crippen MR) is 210 cm³/mol. The maximum Gasteiger partial charge on any atom is 0.472 e. The predicted octanol–water partition coefficient (Wildman–Crippen LogP) is 9.72. The van der Waals surface area contributed by atoms with Gasteiger partial charge in [0, 0.05) is 12.8 Å². The van der Waals surface area contributed by atoms with Crippen molar-refractivity contribution in [3.63, 3.8) is 0 Å². The molecule has 52 heavy (non-hydrogen) atoms. The normalized spacial score (nSPS) is 14.8. The van der Waals surface area contributed by atoms with Gasteiger partial charge in [0.2, 0.25) is 0 Å². The van der Waals surface area contributed by atoms with E-state index in [2.05, 4.69) is 79.1 Å². The Morgan fingerprint density at radius 2 is 1.06 bits per heavy atom. The summed E-state index contributed by atoms with van der Waals surface area (Å²) in [6.45, 7) is 2.13. The molecule has 0 heterocycles. The van der Waals surface area contributed by atoms with Gasteiger partial charge in [-0.15, -0.1) is 0 Å². The fraction of sp³-hybridized carbons (Fsp3) is 0.659. The van der Waals surface area contributed by atoms with E-state index in [0.717, 1.165) is 57.8 Å². The van der Waals surface area contributed by atoms with E-state index in [-0.39, 0.29) is 19.4 Å². The second-order valence-corrected chi connectivity index (χ2v) is 14.0. The number of aliphatic hydroxyl groups is 2. The number of allylic oxidation sites excluding steroid dienone is 12. The van der Waals surface area contributed by atoms with Crippen LogP contribution < -0.4 is 0 Å². The maximum absolute atomic E-state index is 12.5. The third-order valence-electron chi connectivity index (χ3n) is 7.64. The first-order valence-corrected chi connectivity index (χ1v) is 20.9. The van der Waals surface area contributed by atoms with Gasteiger partial charge in [-0.1, -0.05) is 145 Å². The van der Waals surface area contributed by atoms with Crippen LogP contribution in [0.25, 0.3) is 0 Å². The van der Waals surface area contributed by atoms with Gasteiger partial charge in [0.05, 0.1) is 19.8 Å². The van der Waals surface area contributed by atoms with E-state index in [0.29, 0.717) is 12.8 Å². The number of carbonyl (C=O) groups excluding carboxylic acids is 2. The SMILES string of the molecule is CC/C=C\C/C=C\C/C=C\C/C=C\C/C=C\C/C=C\CCC(=O)OC[C@H](COP(=O)(O)OC[C@@H](O)CO)OC(=O)CCCCCCCCCCCC. The average molecular weight is 753 g/mol. The van der Waals surface area contributed by atoms with E-state index in [1.54, 1.807) is 0 Å². The second kappa shape index (κ2) is 36.8. The fourth-order valence-corrected chi connectivity index (χ4v) is 5.45. The summed E-state index contributed by atoms with van der Waals surface area (Å²) in [7, 11) is -4.63. The van der Waals surface area contributed by atoms with Gasteiger partial charge in [-0.25, -0.2) is 4.57 Å². The number of esters is 2. The zero-order valence-electron chi connectivity index (χ0n) is 32.0. The van der Waals surface area contributed by atoms with Gasteiger partial charge in [-0.05, 0) is 51.4 Å². The van der Waals surface area contributed by atoms with Gasteiger partial charge in [0.1, 0.15) is 12.7 Å². The van der Waals surface area contributed by atoms with E-state index in [9.17, 15) is 24.2 Å². The summed E-state index contributed by atoms with van der Waals surface area (Å²) < 4.78 is 32.5. The minimum atomic E-state index is -4.63. The van der Waals surface area contributed by atoms with Gasteiger partial charge in [0.15, 0.2) is 6.10 Å². The molecule has 0 spiro atoms. The van der Waals surface area contributed by atoms with Crippen molar-refractivity contribution < 1.29 is 47.8 Å². The monoisotopic (exact) mass is 752 g/mol. The highest BCUT2D eigenvalue weighted by Gasteiger charge is 2.27. The van der Waals surface area contributed by atoms with Crippen molar-refractivity contribution in [2.45, 2.75) is 148 Å². The quantitative estimate of drug-likeness (QED) is 0.0247. The van der Waals surface area contributed by atoms with Gasteiger partial charge in [0.25, 0.3) is 0 Å². The molecular weight excluding hydrogens is 683 g/mol. The Bertz CT molecular complexity index is 1100. The fourth-order valence-electron chi connectivity index (χ4n) is 4.66. The first-order chi connectivity index (χ1) is 25.2. The summed E-state index contributed by atoms with van der Waals surface area (Å²) in [5, 5.41) is 18.3. The molecule has 10 nitrogen and oxygen atoms in total. The number of ether oxygens (including phenoxy) is 2. The van der Waals surface area contributed by atoms with Crippen molar-refractivity contribution in [3.05, 3.63) is 72.9 Å². The van der Waals surface area contributed by atoms with Crippen LogP contribution in [0.3, 0.4) is 0 Å². The largest absolute Gasteiger partial charge is 0.472 e. The molecule has 0 aromatic heterocycles. The number of hydrogen-bond donors (Lipinski definition) is 3. The van der Waals surface area contributed by atoms with Gasteiger partial charge in [-0.2, -0.15) is 0 Å². The highest BCUT2D eigenvalue weighted by Crippen LogP contribution is 2.43. The van der Waals surface area contributed by atoms with Crippen LogP contribution in [-0.2, 0) is 32.7 Å². The zero-order valence-corrected chi connectivity index (χ0v) is 32.9. The molecule has 3 atom stereocenters. The number of carbonyl (C=O) groups is 2. The molecule has 298 valence electrons. The molecule has 0 bridgehead atoms. The highest BCUT2D eigenvalue weighted by molar-refractivity contribution is 7.47. The molecule has 0 aliphatic heterocycles.